The molecule has 2 aromatic carbocycles. The minimum absolute atomic E-state index is 0.128. The standard InChI is InChI=1S/C20H17N5O5S2/c1-12-13(2)31-20(21-12)25-23-19(15-5-3-4-14(10-15)11-18(26)27)22-24(25)16-6-8-17(9-7-16)32(28,29)30/h3-10H,11H2,1-2H3,(H-,26,27,28,29,30)/p+1. The molecule has 0 saturated carbocycles. The number of carboxylic acid groups (broad SMARTS) is 1. The second-order valence-electron chi connectivity index (χ2n) is 6.98. The monoisotopic (exact) mass is 472 g/mol. The van der Waals surface area contributed by atoms with E-state index in [4.69, 9.17) is 5.11 Å². The third kappa shape index (κ3) is 4.42. The molecule has 0 aliphatic carbocycles. The van der Waals surface area contributed by atoms with E-state index >= 15 is 0 Å². The number of hydrogen-bond donors (Lipinski definition) is 2. The van der Waals surface area contributed by atoms with Crippen LogP contribution in [0.15, 0.2) is 53.4 Å². The Hall–Kier alpha value is -3.48. The number of tetrazole rings is 1. The lowest BCUT2D eigenvalue weighted by atomic mass is 10.1. The summed E-state index contributed by atoms with van der Waals surface area (Å²) in [5.74, 6) is -0.607. The first-order chi connectivity index (χ1) is 15.1. The van der Waals surface area contributed by atoms with Crippen molar-refractivity contribution in [3.05, 3.63) is 64.7 Å². The number of aryl methyl sites for hydroxylation is 2. The van der Waals surface area contributed by atoms with E-state index in [2.05, 4.69) is 15.2 Å². The van der Waals surface area contributed by atoms with Crippen molar-refractivity contribution in [2.24, 2.45) is 0 Å². The van der Waals surface area contributed by atoms with E-state index < -0.39 is 16.1 Å². The molecule has 0 aliphatic heterocycles. The highest BCUT2D eigenvalue weighted by Gasteiger charge is 2.25. The third-order valence-corrected chi connectivity index (χ3v) is 6.56. The molecular formula is C20H18N5O5S2+. The quantitative estimate of drug-likeness (QED) is 0.321. The van der Waals surface area contributed by atoms with Gasteiger partial charge in [-0.15, -0.1) is 0 Å². The normalized spacial score (nSPS) is 11.6. The molecule has 0 atom stereocenters. The zero-order chi connectivity index (χ0) is 23.0. The number of aromatic nitrogens is 5. The summed E-state index contributed by atoms with van der Waals surface area (Å²) in [7, 11) is -4.33. The van der Waals surface area contributed by atoms with Gasteiger partial charge in [-0.05, 0) is 70.5 Å². The number of carboxylic acids is 1. The molecule has 12 heteroatoms. The zero-order valence-electron chi connectivity index (χ0n) is 17.0. The van der Waals surface area contributed by atoms with Crippen LogP contribution in [0.2, 0.25) is 0 Å². The molecular weight excluding hydrogens is 454 g/mol. The van der Waals surface area contributed by atoms with Gasteiger partial charge in [-0.3, -0.25) is 9.35 Å². The minimum Gasteiger partial charge on any atom is -0.481 e. The van der Waals surface area contributed by atoms with E-state index in [1.807, 2.05) is 13.8 Å². The molecule has 2 aromatic heterocycles. The van der Waals surface area contributed by atoms with Crippen LogP contribution in [-0.4, -0.2) is 44.0 Å². The Bertz CT molecular complexity index is 1410. The van der Waals surface area contributed by atoms with Crippen LogP contribution >= 0.6 is 11.3 Å². The maximum Gasteiger partial charge on any atom is 0.364 e. The van der Waals surface area contributed by atoms with Crippen molar-refractivity contribution in [3.63, 3.8) is 0 Å². The summed E-state index contributed by atoms with van der Waals surface area (Å²) in [6.45, 7) is 3.82. The summed E-state index contributed by atoms with van der Waals surface area (Å²) in [5.41, 5.74) is 2.56. The highest BCUT2D eigenvalue weighted by atomic mass is 32.2. The van der Waals surface area contributed by atoms with Crippen LogP contribution in [0.1, 0.15) is 16.1 Å². The molecule has 32 heavy (non-hydrogen) atoms. The first kappa shape index (κ1) is 21.7. The Morgan fingerprint density at radius 1 is 1.16 bits per heavy atom. The lowest BCUT2D eigenvalue weighted by Gasteiger charge is -2.00. The van der Waals surface area contributed by atoms with Crippen molar-refractivity contribution < 1.29 is 27.7 Å². The lowest BCUT2D eigenvalue weighted by molar-refractivity contribution is -0.734. The maximum absolute atomic E-state index is 11.4. The Kier molecular flexibility index (Phi) is 5.59. The molecule has 164 valence electrons. The van der Waals surface area contributed by atoms with Gasteiger partial charge in [0.25, 0.3) is 15.9 Å². The summed E-state index contributed by atoms with van der Waals surface area (Å²) < 4.78 is 32.0. The van der Waals surface area contributed by atoms with Gasteiger partial charge in [0.1, 0.15) is 11.4 Å². The van der Waals surface area contributed by atoms with Crippen LogP contribution < -0.4 is 4.80 Å². The fraction of sp³-hybridized carbons (Fsp3) is 0.150. The maximum atomic E-state index is 11.4. The van der Waals surface area contributed by atoms with Gasteiger partial charge in [-0.1, -0.05) is 28.5 Å². The van der Waals surface area contributed by atoms with E-state index in [1.165, 1.54) is 45.2 Å². The number of rotatable bonds is 6. The third-order valence-electron chi connectivity index (χ3n) is 4.65. The lowest BCUT2D eigenvalue weighted by Crippen LogP contribution is -2.43. The van der Waals surface area contributed by atoms with Gasteiger partial charge in [0.15, 0.2) is 0 Å². The Morgan fingerprint density at radius 2 is 1.88 bits per heavy atom. The number of hydrogen-bond acceptors (Lipinski definition) is 7. The zero-order valence-corrected chi connectivity index (χ0v) is 18.6. The molecule has 2 heterocycles. The predicted octanol–water partition coefficient (Wildman–Crippen LogP) is 2.16. The molecule has 0 bridgehead atoms. The summed E-state index contributed by atoms with van der Waals surface area (Å²) >= 11 is 1.42. The Balaban J connectivity index is 1.85. The van der Waals surface area contributed by atoms with Crippen LogP contribution in [0, 0.1) is 13.8 Å². The van der Waals surface area contributed by atoms with Gasteiger partial charge < -0.3 is 5.11 Å². The molecule has 2 N–H and O–H groups in total. The van der Waals surface area contributed by atoms with E-state index in [1.54, 1.807) is 24.3 Å². The van der Waals surface area contributed by atoms with Gasteiger partial charge in [0.2, 0.25) is 0 Å². The molecule has 0 aliphatic rings. The number of aliphatic carboxylic acids is 1. The van der Waals surface area contributed by atoms with Crippen molar-refractivity contribution in [3.8, 4) is 22.2 Å². The van der Waals surface area contributed by atoms with Crippen LogP contribution in [0.25, 0.3) is 22.2 Å². The number of nitrogens with zero attached hydrogens (tertiary/aromatic N) is 5. The fourth-order valence-corrected chi connectivity index (χ4v) is 4.31. The van der Waals surface area contributed by atoms with E-state index in [0.29, 0.717) is 27.8 Å². The number of carbonyl (C=O) groups is 1. The molecule has 10 nitrogen and oxygen atoms in total. The van der Waals surface area contributed by atoms with E-state index in [-0.39, 0.29) is 11.3 Å². The van der Waals surface area contributed by atoms with Gasteiger partial charge in [-0.2, -0.15) is 8.42 Å². The summed E-state index contributed by atoms with van der Waals surface area (Å²) in [6.07, 6.45) is -0.128. The molecule has 4 rings (SSSR count). The molecule has 0 fully saturated rings. The molecule has 0 radical (unpaired) electrons. The minimum atomic E-state index is -4.33. The summed E-state index contributed by atoms with van der Waals surface area (Å²) in [5, 5.41) is 18.8. The molecule has 0 saturated heterocycles. The Morgan fingerprint density at radius 3 is 2.47 bits per heavy atom. The van der Waals surface area contributed by atoms with Crippen LogP contribution in [0.5, 0.6) is 0 Å². The van der Waals surface area contributed by atoms with Crippen molar-refractivity contribution in [1.82, 2.24) is 20.0 Å². The van der Waals surface area contributed by atoms with Crippen molar-refractivity contribution in [1.29, 1.82) is 0 Å². The van der Waals surface area contributed by atoms with Crippen molar-refractivity contribution in [2.45, 2.75) is 25.2 Å². The SMILES string of the molecule is Cc1nc(-[n+]2nc(-c3cccc(CC(=O)O)c3)nn2-c2ccc(S(=O)(=O)O)cc2)sc1C. The van der Waals surface area contributed by atoms with Gasteiger partial charge in [0.05, 0.1) is 11.3 Å². The Labute approximate surface area is 187 Å². The van der Waals surface area contributed by atoms with E-state index in [9.17, 15) is 17.8 Å². The fourth-order valence-electron chi connectivity index (χ4n) is 2.98. The average Bonchev–Trinajstić information content (AvgIpc) is 3.31. The number of benzene rings is 2. The second kappa shape index (κ2) is 8.22. The summed E-state index contributed by atoms with van der Waals surface area (Å²) in [4.78, 5) is 19.3. The molecule has 4 aromatic rings. The topological polar surface area (TPSA) is 139 Å². The predicted molar refractivity (Wildman–Crippen MR) is 115 cm³/mol. The van der Waals surface area contributed by atoms with Gasteiger partial charge in [-0.25, -0.2) is 0 Å². The highest BCUT2D eigenvalue weighted by molar-refractivity contribution is 7.85. The summed E-state index contributed by atoms with van der Waals surface area (Å²) in [6, 6.07) is 12.4. The van der Waals surface area contributed by atoms with Crippen LogP contribution in [-0.2, 0) is 21.3 Å². The van der Waals surface area contributed by atoms with Gasteiger partial charge in [0, 0.05) is 15.5 Å². The largest absolute Gasteiger partial charge is 0.481 e. The van der Waals surface area contributed by atoms with Crippen LogP contribution in [0.4, 0.5) is 0 Å². The second-order valence-corrected chi connectivity index (χ2v) is 9.58. The smallest absolute Gasteiger partial charge is 0.364 e. The molecule has 0 unspecified atom stereocenters. The van der Waals surface area contributed by atoms with Crippen LogP contribution in [0.3, 0.4) is 0 Å². The van der Waals surface area contributed by atoms with Crippen molar-refractivity contribution >= 4 is 27.4 Å². The first-order valence-corrected chi connectivity index (χ1v) is 11.6. The first-order valence-electron chi connectivity index (χ1n) is 9.35. The van der Waals surface area contributed by atoms with Crippen molar-refractivity contribution in [2.75, 3.05) is 0 Å². The van der Waals surface area contributed by atoms with E-state index in [0.717, 1.165) is 10.6 Å². The highest BCUT2D eigenvalue weighted by Crippen LogP contribution is 2.20. The molecule has 0 amide bonds. The molecule has 0 spiro atoms. The van der Waals surface area contributed by atoms with Gasteiger partial charge >= 0.3 is 11.1 Å². The number of thiazole rings is 1. The average molecular weight is 473 g/mol.